The number of nitrogens with zero attached hydrogens (tertiary/aromatic N) is 1. The van der Waals surface area contributed by atoms with Crippen molar-refractivity contribution in [1.29, 1.82) is 0 Å². The van der Waals surface area contributed by atoms with E-state index in [9.17, 15) is 0 Å². The molecule has 96 valence electrons. The molecule has 0 saturated carbocycles. The lowest BCUT2D eigenvalue weighted by Gasteiger charge is -2.18. The second-order valence-corrected chi connectivity index (χ2v) is 6.33. The third-order valence-electron chi connectivity index (χ3n) is 2.81. The Labute approximate surface area is 121 Å². The van der Waals surface area contributed by atoms with Crippen LogP contribution in [-0.4, -0.2) is 11.0 Å². The van der Waals surface area contributed by atoms with E-state index >= 15 is 0 Å². The molecule has 18 heavy (non-hydrogen) atoms. The van der Waals surface area contributed by atoms with Gasteiger partial charge in [0.2, 0.25) is 0 Å². The van der Waals surface area contributed by atoms with Gasteiger partial charge in [-0.2, -0.15) is 0 Å². The number of nitrogens with one attached hydrogen (secondary N) is 1. The second-order valence-electron chi connectivity index (χ2n) is 4.49. The summed E-state index contributed by atoms with van der Waals surface area (Å²) in [6.45, 7) is 4.38. The van der Waals surface area contributed by atoms with E-state index in [0.29, 0.717) is 12.1 Å². The highest BCUT2D eigenvalue weighted by Crippen LogP contribution is 2.17. The molecule has 2 rings (SSSR count). The first-order valence-electron chi connectivity index (χ1n) is 6.05. The van der Waals surface area contributed by atoms with Crippen LogP contribution in [0.15, 0.2) is 40.3 Å². The van der Waals surface area contributed by atoms with Gasteiger partial charge in [-0.25, -0.2) is 4.98 Å². The maximum atomic E-state index is 4.34. The van der Waals surface area contributed by atoms with E-state index in [1.807, 2.05) is 11.6 Å². The van der Waals surface area contributed by atoms with E-state index in [1.165, 1.54) is 5.56 Å². The highest BCUT2D eigenvalue weighted by atomic mass is 79.9. The summed E-state index contributed by atoms with van der Waals surface area (Å²) in [5.74, 6) is 0. The molecule has 0 amide bonds. The molecular formula is C14H17BrN2S. The quantitative estimate of drug-likeness (QED) is 0.892. The van der Waals surface area contributed by atoms with Crippen LogP contribution >= 0.6 is 27.3 Å². The highest BCUT2D eigenvalue weighted by molar-refractivity contribution is 9.10. The molecule has 0 aliphatic heterocycles. The summed E-state index contributed by atoms with van der Waals surface area (Å²) >= 11 is 5.16. The van der Waals surface area contributed by atoms with E-state index in [-0.39, 0.29) is 0 Å². The Hall–Kier alpha value is -0.710. The van der Waals surface area contributed by atoms with Crippen molar-refractivity contribution in [3.05, 3.63) is 50.9 Å². The maximum absolute atomic E-state index is 4.34. The first kappa shape index (κ1) is 13.7. The van der Waals surface area contributed by atoms with E-state index in [0.717, 1.165) is 15.9 Å². The van der Waals surface area contributed by atoms with Crippen LogP contribution in [0.1, 0.15) is 30.5 Å². The van der Waals surface area contributed by atoms with E-state index in [4.69, 9.17) is 0 Å². The van der Waals surface area contributed by atoms with Gasteiger partial charge in [-0.1, -0.05) is 28.1 Å². The summed E-state index contributed by atoms with van der Waals surface area (Å²) in [5, 5.41) is 6.75. The maximum Gasteiger partial charge on any atom is 0.109 e. The van der Waals surface area contributed by atoms with Gasteiger partial charge in [0.15, 0.2) is 0 Å². The Morgan fingerprint density at radius 3 is 2.61 bits per heavy atom. The van der Waals surface area contributed by atoms with Crippen molar-refractivity contribution in [3.8, 4) is 0 Å². The molecule has 4 heteroatoms. The number of rotatable bonds is 5. The lowest BCUT2D eigenvalue weighted by molar-refractivity contribution is 0.476. The average molecular weight is 325 g/mol. The molecule has 0 unspecified atom stereocenters. The molecule has 0 aliphatic rings. The summed E-state index contributed by atoms with van der Waals surface area (Å²) < 4.78 is 1.13. The zero-order valence-electron chi connectivity index (χ0n) is 10.6. The van der Waals surface area contributed by atoms with Crippen molar-refractivity contribution in [1.82, 2.24) is 10.3 Å². The fraction of sp³-hybridized carbons (Fsp3) is 0.357. The first-order valence-corrected chi connectivity index (χ1v) is 7.72. The van der Waals surface area contributed by atoms with E-state index in [1.54, 1.807) is 11.3 Å². The van der Waals surface area contributed by atoms with Crippen molar-refractivity contribution >= 4 is 27.3 Å². The van der Waals surface area contributed by atoms with Crippen LogP contribution in [0.5, 0.6) is 0 Å². The van der Waals surface area contributed by atoms with Gasteiger partial charge in [-0.05, 0) is 38.0 Å². The summed E-state index contributed by atoms with van der Waals surface area (Å²) in [6.07, 6.45) is 2.89. The van der Waals surface area contributed by atoms with Crippen molar-refractivity contribution in [3.63, 3.8) is 0 Å². The standard InChI is InChI=1S/C14H17BrN2S/c1-10(9-12-3-5-13(15)6-4-12)17-11(2)14-16-7-8-18-14/h3-8,10-11,17H,9H2,1-2H3/t10-,11+/m0/s1. The van der Waals surface area contributed by atoms with Gasteiger partial charge in [0, 0.05) is 22.1 Å². The van der Waals surface area contributed by atoms with Crippen LogP contribution in [0.25, 0.3) is 0 Å². The van der Waals surface area contributed by atoms with Gasteiger partial charge in [-0.3, -0.25) is 0 Å². The number of hydrogen-bond acceptors (Lipinski definition) is 3. The molecule has 2 atom stereocenters. The molecule has 0 saturated heterocycles. The third kappa shape index (κ3) is 3.90. The minimum Gasteiger partial charge on any atom is -0.305 e. The van der Waals surface area contributed by atoms with Crippen molar-refractivity contribution in [2.75, 3.05) is 0 Å². The Morgan fingerprint density at radius 2 is 2.00 bits per heavy atom. The van der Waals surface area contributed by atoms with Crippen LogP contribution in [0.4, 0.5) is 0 Å². The van der Waals surface area contributed by atoms with Crippen LogP contribution < -0.4 is 5.32 Å². The van der Waals surface area contributed by atoms with Crippen molar-refractivity contribution < 1.29 is 0 Å². The molecule has 0 fully saturated rings. The van der Waals surface area contributed by atoms with Crippen LogP contribution in [-0.2, 0) is 6.42 Å². The van der Waals surface area contributed by atoms with Gasteiger partial charge >= 0.3 is 0 Å². The minimum absolute atomic E-state index is 0.315. The number of halogens is 1. The van der Waals surface area contributed by atoms with Gasteiger partial charge in [0.05, 0.1) is 6.04 Å². The lowest BCUT2D eigenvalue weighted by Crippen LogP contribution is -2.30. The SMILES string of the molecule is C[C@@H](Cc1ccc(Br)cc1)N[C@H](C)c1nccs1. The number of benzene rings is 1. The lowest BCUT2D eigenvalue weighted by atomic mass is 10.1. The molecule has 1 heterocycles. The molecule has 2 aromatic rings. The molecule has 0 aliphatic carbocycles. The second kappa shape index (κ2) is 6.45. The van der Waals surface area contributed by atoms with Crippen molar-refractivity contribution in [2.24, 2.45) is 0 Å². The third-order valence-corrected chi connectivity index (χ3v) is 4.30. The van der Waals surface area contributed by atoms with Crippen LogP contribution in [0.3, 0.4) is 0 Å². The predicted octanol–water partition coefficient (Wildman–Crippen LogP) is 4.19. The van der Waals surface area contributed by atoms with Gasteiger partial charge in [-0.15, -0.1) is 11.3 Å². The molecule has 0 radical (unpaired) electrons. The predicted molar refractivity (Wildman–Crippen MR) is 81.0 cm³/mol. The zero-order chi connectivity index (χ0) is 13.0. The molecule has 0 spiro atoms. The molecule has 1 N–H and O–H groups in total. The normalized spacial score (nSPS) is 14.4. The van der Waals surface area contributed by atoms with Crippen LogP contribution in [0, 0.1) is 0 Å². The molecule has 1 aromatic carbocycles. The monoisotopic (exact) mass is 324 g/mol. The molecular weight excluding hydrogens is 308 g/mol. The molecule has 0 bridgehead atoms. The van der Waals surface area contributed by atoms with E-state index in [2.05, 4.69) is 64.3 Å². The Morgan fingerprint density at radius 1 is 1.28 bits per heavy atom. The summed E-state index contributed by atoms with van der Waals surface area (Å²) in [7, 11) is 0. The number of aromatic nitrogens is 1. The Balaban J connectivity index is 1.88. The molecule has 2 nitrogen and oxygen atoms in total. The van der Waals surface area contributed by atoms with Gasteiger partial charge in [0.25, 0.3) is 0 Å². The average Bonchev–Trinajstić information content (AvgIpc) is 2.85. The minimum atomic E-state index is 0.315. The number of thiazole rings is 1. The summed E-state index contributed by atoms with van der Waals surface area (Å²) in [6, 6.07) is 9.26. The van der Waals surface area contributed by atoms with Gasteiger partial charge in [0.1, 0.15) is 5.01 Å². The smallest absolute Gasteiger partial charge is 0.109 e. The fourth-order valence-electron chi connectivity index (χ4n) is 1.98. The van der Waals surface area contributed by atoms with Crippen molar-refractivity contribution in [2.45, 2.75) is 32.4 Å². The topological polar surface area (TPSA) is 24.9 Å². The summed E-state index contributed by atoms with van der Waals surface area (Å²) in [5.41, 5.74) is 1.35. The first-order chi connectivity index (χ1) is 8.65. The Bertz CT molecular complexity index is 467. The molecule has 1 aromatic heterocycles. The highest BCUT2D eigenvalue weighted by Gasteiger charge is 2.11. The fourth-order valence-corrected chi connectivity index (χ4v) is 2.90. The van der Waals surface area contributed by atoms with Crippen LogP contribution in [0.2, 0.25) is 0 Å². The number of hydrogen-bond donors (Lipinski definition) is 1. The van der Waals surface area contributed by atoms with Gasteiger partial charge < -0.3 is 5.32 Å². The largest absolute Gasteiger partial charge is 0.305 e. The summed E-state index contributed by atoms with van der Waals surface area (Å²) in [4.78, 5) is 4.34. The Kier molecular flexibility index (Phi) is 4.92. The van der Waals surface area contributed by atoms with E-state index < -0.39 is 0 Å². The zero-order valence-corrected chi connectivity index (χ0v) is 13.0.